The van der Waals surface area contributed by atoms with Gasteiger partial charge in [0.2, 0.25) is 11.7 Å². The smallest absolute Gasteiger partial charge is 0.234 e. The zero-order valence-electron chi connectivity index (χ0n) is 16.4. The van der Waals surface area contributed by atoms with Crippen LogP contribution in [0.5, 0.6) is 0 Å². The van der Waals surface area contributed by atoms with E-state index < -0.39 is 0 Å². The lowest BCUT2D eigenvalue weighted by Gasteiger charge is -2.10. The topological polar surface area (TPSA) is 73.0 Å². The van der Waals surface area contributed by atoms with Gasteiger partial charge >= 0.3 is 0 Å². The van der Waals surface area contributed by atoms with Crippen molar-refractivity contribution in [3.8, 4) is 17.3 Å². The predicted molar refractivity (Wildman–Crippen MR) is 119 cm³/mol. The number of nitrogens with zero attached hydrogens (tertiary/aromatic N) is 3. The second-order valence-electron chi connectivity index (χ2n) is 6.73. The fourth-order valence-electron chi connectivity index (χ4n) is 2.90. The molecule has 0 unspecified atom stereocenters. The first-order valence-corrected chi connectivity index (χ1v) is 10.6. The fourth-order valence-corrected chi connectivity index (χ4v) is 3.78. The Hall–Kier alpha value is -3.03. The van der Waals surface area contributed by atoms with Gasteiger partial charge in [0.15, 0.2) is 10.9 Å². The molecule has 4 rings (SSSR count). The molecular formula is C22H19ClN4O2S. The molecule has 0 aliphatic heterocycles. The Morgan fingerprint density at radius 2 is 1.90 bits per heavy atom. The minimum Gasteiger partial charge on any atom is -0.461 e. The van der Waals surface area contributed by atoms with Crippen molar-refractivity contribution in [2.45, 2.75) is 19.0 Å². The van der Waals surface area contributed by atoms with Crippen molar-refractivity contribution in [3.63, 3.8) is 0 Å². The van der Waals surface area contributed by atoms with Gasteiger partial charge in [-0.3, -0.25) is 9.36 Å². The van der Waals surface area contributed by atoms with Gasteiger partial charge in [0.1, 0.15) is 0 Å². The number of halogens is 1. The van der Waals surface area contributed by atoms with E-state index in [0.29, 0.717) is 21.8 Å². The number of nitrogens with one attached hydrogen (secondary N) is 1. The minimum atomic E-state index is -0.117. The molecule has 0 bridgehead atoms. The lowest BCUT2D eigenvalue weighted by molar-refractivity contribution is -0.113. The lowest BCUT2D eigenvalue weighted by atomic mass is 10.1. The van der Waals surface area contributed by atoms with Gasteiger partial charge in [-0.2, -0.15) is 0 Å². The van der Waals surface area contributed by atoms with Crippen LogP contribution in [-0.2, 0) is 4.79 Å². The average Bonchev–Trinajstić information content (AvgIpc) is 3.39. The molecular weight excluding hydrogens is 420 g/mol. The van der Waals surface area contributed by atoms with Gasteiger partial charge < -0.3 is 9.73 Å². The van der Waals surface area contributed by atoms with Crippen molar-refractivity contribution in [1.82, 2.24) is 14.8 Å². The van der Waals surface area contributed by atoms with E-state index in [1.807, 2.05) is 54.8 Å². The van der Waals surface area contributed by atoms with Gasteiger partial charge in [-0.05, 0) is 73.5 Å². The number of aryl methyl sites for hydroxylation is 2. The Kier molecular flexibility index (Phi) is 5.92. The number of aromatic nitrogens is 3. The molecule has 8 heteroatoms. The van der Waals surface area contributed by atoms with Crippen molar-refractivity contribution in [1.29, 1.82) is 0 Å². The zero-order valence-corrected chi connectivity index (χ0v) is 18.0. The van der Waals surface area contributed by atoms with Crippen LogP contribution in [0.2, 0.25) is 5.02 Å². The summed E-state index contributed by atoms with van der Waals surface area (Å²) < 4.78 is 7.36. The summed E-state index contributed by atoms with van der Waals surface area (Å²) in [4.78, 5) is 12.5. The number of anilines is 1. The lowest BCUT2D eigenvalue weighted by Crippen LogP contribution is -2.14. The maximum absolute atomic E-state index is 12.5. The third-order valence-electron chi connectivity index (χ3n) is 4.58. The first kappa shape index (κ1) is 20.3. The number of amides is 1. The molecule has 0 atom stereocenters. The number of thioether (sulfide) groups is 1. The van der Waals surface area contributed by atoms with Crippen LogP contribution < -0.4 is 5.32 Å². The van der Waals surface area contributed by atoms with E-state index in [0.717, 1.165) is 16.9 Å². The van der Waals surface area contributed by atoms with E-state index in [4.69, 9.17) is 16.0 Å². The molecule has 0 saturated heterocycles. The molecule has 4 aromatic rings. The molecule has 0 spiro atoms. The Bertz CT molecular complexity index is 1170. The number of hydrogen-bond donors (Lipinski definition) is 1. The summed E-state index contributed by atoms with van der Waals surface area (Å²) in [5.41, 5.74) is 3.92. The fraction of sp³-hybridized carbons (Fsp3) is 0.136. The molecule has 1 amide bonds. The van der Waals surface area contributed by atoms with Gasteiger partial charge in [0.05, 0.1) is 12.0 Å². The van der Waals surface area contributed by atoms with Gasteiger partial charge in [-0.15, -0.1) is 10.2 Å². The van der Waals surface area contributed by atoms with Gasteiger partial charge in [0, 0.05) is 16.4 Å². The van der Waals surface area contributed by atoms with Gasteiger partial charge in [0.25, 0.3) is 0 Å². The quantitative estimate of drug-likeness (QED) is 0.401. The maximum atomic E-state index is 12.5. The van der Waals surface area contributed by atoms with E-state index in [2.05, 4.69) is 15.5 Å². The summed E-state index contributed by atoms with van der Waals surface area (Å²) in [6, 6.07) is 16.8. The third-order valence-corrected chi connectivity index (χ3v) is 5.76. The Balaban J connectivity index is 1.55. The molecule has 6 nitrogen and oxygen atoms in total. The Morgan fingerprint density at radius 1 is 1.10 bits per heavy atom. The molecule has 30 heavy (non-hydrogen) atoms. The van der Waals surface area contributed by atoms with Crippen molar-refractivity contribution in [3.05, 3.63) is 77.0 Å². The Morgan fingerprint density at radius 3 is 2.60 bits per heavy atom. The van der Waals surface area contributed by atoms with Crippen LogP contribution >= 0.6 is 23.4 Å². The van der Waals surface area contributed by atoms with Crippen LogP contribution in [0, 0.1) is 13.8 Å². The third kappa shape index (κ3) is 4.42. The summed E-state index contributed by atoms with van der Waals surface area (Å²) in [7, 11) is 0. The van der Waals surface area contributed by atoms with Gasteiger partial charge in [-0.1, -0.05) is 29.4 Å². The number of carbonyl (C=O) groups excluding carboxylic acids is 1. The summed E-state index contributed by atoms with van der Waals surface area (Å²) in [5.74, 6) is 1.22. The highest BCUT2D eigenvalue weighted by Gasteiger charge is 2.19. The van der Waals surface area contributed by atoms with Crippen molar-refractivity contribution < 1.29 is 9.21 Å². The number of hydrogen-bond acceptors (Lipinski definition) is 5. The van der Waals surface area contributed by atoms with Crippen LogP contribution in [0.4, 0.5) is 5.69 Å². The molecule has 0 aliphatic carbocycles. The second kappa shape index (κ2) is 8.77. The second-order valence-corrected chi connectivity index (χ2v) is 8.11. The van der Waals surface area contributed by atoms with Crippen molar-refractivity contribution in [2.24, 2.45) is 0 Å². The standard InChI is InChI=1S/C22H19ClN4O2S/c1-14-5-8-17(12-15(14)2)24-20(28)13-30-22-26-25-21(19-4-3-11-29-19)27(22)18-9-6-16(23)7-10-18/h3-12H,13H2,1-2H3,(H,24,28). The van der Waals surface area contributed by atoms with Crippen LogP contribution in [-0.4, -0.2) is 26.4 Å². The molecule has 0 fully saturated rings. The summed E-state index contributed by atoms with van der Waals surface area (Å²) >= 11 is 7.34. The SMILES string of the molecule is Cc1ccc(NC(=O)CSc2nnc(-c3ccco3)n2-c2ccc(Cl)cc2)cc1C. The van der Waals surface area contributed by atoms with Crippen LogP contribution in [0.1, 0.15) is 11.1 Å². The number of carbonyl (C=O) groups is 1. The number of benzene rings is 2. The molecule has 0 radical (unpaired) electrons. The largest absolute Gasteiger partial charge is 0.461 e. The normalized spacial score (nSPS) is 10.9. The molecule has 2 aromatic carbocycles. The Labute approximate surface area is 183 Å². The highest BCUT2D eigenvalue weighted by Crippen LogP contribution is 2.29. The maximum Gasteiger partial charge on any atom is 0.234 e. The first-order valence-electron chi connectivity index (χ1n) is 9.26. The highest BCUT2D eigenvalue weighted by atomic mass is 35.5. The molecule has 0 saturated carbocycles. The van der Waals surface area contributed by atoms with E-state index in [1.54, 1.807) is 24.5 Å². The summed E-state index contributed by atoms with van der Waals surface area (Å²) in [6.45, 7) is 4.06. The van der Waals surface area contributed by atoms with Gasteiger partial charge in [-0.25, -0.2) is 0 Å². The molecule has 2 aromatic heterocycles. The molecule has 152 valence electrons. The monoisotopic (exact) mass is 438 g/mol. The molecule has 1 N–H and O–H groups in total. The van der Waals surface area contributed by atoms with Crippen LogP contribution in [0.15, 0.2) is 70.4 Å². The summed E-state index contributed by atoms with van der Waals surface area (Å²) in [5, 5.41) is 12.7. The molecule has 2 heterocycles. The van der Waals surface area contributed by atoms with E-state index in [1.165, 1.54) is 17.3 Å². The number of furan rings is 1. The van der Waals surface area contributed by atoms with Crippen LogP contribution in [0.3, 0.4) is 0 Å². The van der Waals surface area contributed by atoms with E-state index >= 15 is 0 Å². The van der Waals surface area contributed by atoms with Crippen molar-refractivity contribution in [2.75, 3.05) is 11.1 Å². The van der Waals surface area contributed by atoms with Crippen molar-refractivity contribution >= 4 is 35.0 Å². The average molecular weight is 439 g/mol. The molecule has 0 aliphatic rings. The number of rotatable bonds is 6. The van der Waals surface area contributed by atoms with E-state index in [9.17, 15) is 4.79 Å². The predicted octanol–water partition coefficient (Wildman–Crippen LogP) is 5.53. The minimum absolute atomic E-state index is 0.117. The zero-order chi connectivity index (χ0) is 21.1. The highest BCUT2D eigenvalue weighted by molar-refractivity contribution is 7.99. The first-order chi connectivity index (χ1) is 14.5. The summed E-state index contributed by atoms with van der Waals surface area (Å²) in [6.07, 6.45) is 1.58. The van der Waals surface area contributed by atoms with E-state index in [-0.39, 0.29) is 11.7 Å². The van der Waals surface area contributed by atoms with Crippen LogP contribution in [0.25, 0.3) is 17.3 Å².